The summed E-state index contributed by atoms with van der Waals surface area (Å²) < 4.78 is 18.9. The second-order valence-electron chi connectivity index (χ2n) is 6.73. The molecule has 0 saturated carbocycles. The highest BCUT2D eigenvalue weighted by Crippen LogP contribution is 2.22. The Balaban J connectivity index is 1.70. The number of rotatable bonds is 6. The summed E-state index contributed by atoms with van der Waals surface area (Å²) in [5.41, 5.74) is 3.37. The maximum atomic E-state index is 13.7. The molecule has 0 fully saturated rings. The second kappa shape index (κ2) is 8.34. The van der Waals surface area contributed by atoms with Gasteiger partial charge in [0.2, 0.25) is 5.89 Å². The van der Waals surface area contributed by atoms with E-state index in [1.165, 1.54) is 24.6 Å². The summed E-state index contributed by atoms with van der Waals surface area (Å²) in [4.78, 5) is 33.2. The van der Waals surface area contributed by atoms with Gasteiger partial charge in [-0.05, 0) is 25.1 Å². The highest BCUT2D eigenvalue weighted by atomic mass is 19.1. The Kier molecular flexibility index (Phi) is 5.44. The van der Waals surface area contributed by atoms with E-state index < -0.39 is 6.04 Å². The molecule has 3 aromatic heterocycles. The molecule has 3 N–H and O–H groups in total. The molecule has 0 aliphatic rings. The van der Waals surface area contributed by atoms with Crippen molar-refractivity contribution >= 4 is 28.5 Å². The zero-order chi connectivity index (χ0) is 22.0. The Bertz CT molecular complexity index is 1260. The number of halogens is 1. The lowest BCUT2D eigenvalue weighted by Gasteiger charge is -2.12. The van der Waals surface area contributed by atoms with Crippen LogP contribution >= 0.6 is 0 Å². The third-order valence-corrected chi connectivity index (χ3v) is 4.77. The minimum absolute atomic E-state index is 0.325. The number of hydrogen-bond donors (Lipinski definition) is 3. The minimum Gasteiger partial charge on any atom is -0.447 e. The van der Waals surface area contributed by atoms with E-state index in [-0.39, 0.29) is 11.7 Å². The Morgan fingerprint density at radius 1 is 1.29 bits per heavy atom. The lowest BCUT2D eigenvalue weighted by molar-refractivity contribution is 0.0935. The van der Waals surface area contributed by atoms with Crippen LogP contribution in [0.15, 0.2) is 52.5 Å². The van der Waals surface area contributed by atoms with Crippen molar-refractivity contribution in [2.45, 2.75) is 13.0 Å². The van der Waals surface area contributed by atoms with Crippen molar-refractivity contribution in [1.29, 1.82) is 0 Å². The number of anilines is 1. The molecule has 9 nitrogen and oxygen atoms in total. The lowest BCUT2D eigenvalue weighted by Crippen LogP contribution is -2.26. The number of carbonyl (C=O) groups is 1. The molecule has 0 saturated heterocycles. The SMILES string of the molecule is CN=C(c1cnc2[nH]cc(C(=O)N[C@@H](C)c3ncco3)c2n1)c1ccc(F)cc1NC. The van der Waals surface area contributed by atoms with Crippen LogP contribution in [0, 0.1) is 5.82 Å². The third kappa shape index (κ3) is 3.87. The molecule has 3 heterocycles. The fourth-order valence-corrected chi connectivity index (χ4v) is 3.27. The number of nitrogens with zero attached hydrogens (tertiary/aromatic N) is 4. The van der Waals surface area contributed by atoms with Crippen molar-refractivity contribution in [3.63, 3.8) is 0 Å². The van der Waals surface area contributed by atoms with Crippen molar-refractivity contribution in [1.82, 2.24) is 25.3 Å². The van der Waals surface area contributed by atoms with Crippen LogP contribution in [0.25, 0.3) is 11.2 Å². The van der Waals surface area contributed by atoms with Gasteiger partial charge in [0.25, 0.3) is 5.91 Å². The van der Waals surface area contributed by atoms with Gasteiger partial charge in [-0.2, -0.15) is 0 Å². The highest BCUT2D eigenvalue weighted by Gasteiger charge is 2.21. The van der Waals surface area contributed by atoms with E-state index in [4.69, 9.17) is 4.42 Å². The monoisotopic (exact) mass is 421 g/mol. The average Bonchev–Trinajstić information content (AvgIpc) is 3.45. The van der Waals surface area contributed by atoms with Crippen LogP contribution in [-0.2, 0) is 0 Å². The quantitative estimate of drug-likeness (QED) is 0.412. The van der Waals surface area contributed by atoms with E-state index in [0.29, 0.717) is 45.3 Å². The van der Waals surface area contributed by atoms with Crippen molar-refractivity contribution < 1.29 is 13.6 Å². The first-order valence-corrected chi connectivity index (χ1v) is 9.51. The fourth-order valence-electron chi connectivity index (χ4n) is 3.27. The van der Waals surface area contributed by atoms with E-state index in [1.807, 2.05) is 0 Å². The maximum Gasteiger partial charge on any atom is 0.255 e. The summed E-state index contributed by atoms with van der Waals surface area (Å²) in [6.07, 6.45) is 6.07. The molecule has 158 valence electrons. The standard InChI is InChI=1S/C21H20FN7O2/c1-11(21-25-6-7-31-21)28-20(30)14-9-26-19-18(14)29-16(10-27-19)17(24-3)13-5-4-12(22)8-15(13)23-2/h4-11,23H,1-3H3,(H,26,27)(H,28,30)/t11-/m0/s1. The molecule has 0 aliphatic heterocycles. The fraction of sp³-hybridized carbons (Fsp3) is 0.190. The number of oxazole rings is 1. The van der Waals surface area contributed by atoms with Crippen LogP contribution in [0.3, 0.4) is 0 Å². The van der Waals surface area contributed by atoms with E-state index in [1.54, 1.807) is 39.5 Å². The van der Waals surface area contributed by atoms with E-state index in [0.717, 1.165) is 0 Å². The predicted octanol–water partition coefficient (Wildman–Crippen LogP) is 3.08. The van der Waals surface area contributed by atoms with Crippen LogP contribution < -0.4 is 10.6 Å². The highest BCUT2D eigenvalue weighted by molar-refractivity contribution is 6.15. The predicted molar refractivity (Wildman–Crippen MR) is 114 cm³/mol. The van der Waals surface area contributed by atoms with E-state index in [9.17, 15) is 9.18 Å². The molecular formula is C21H20FN7O2. The second-order valence-corrected chi connectivity index (χ2v) is 6.73. The molecule has 0 radical (unpaired) electrons. The number of H-pyrrole nitrogens is 1. The molecule has 0 spiro atoms. The van der Waals surface area contributed by atoms with Crippen molar-refractivity contribution in [3.05, 3.63) is 71.6 Å². The topological polar surface area (TPSA) is 121 Å². The Labute approximate surface area is 176 Å². The minimum atomic E-state index is -0.422. The molecular weight excluding hydrogens is 401 g/mol. The molecule has 0 bridgehead atoms. The average molecular weight is 421 g/mol. The number of hydrogen-bond acceptors (Lipinski definition) is 7. The number of nitrogens with one attached hydrogen (secondary N) is 3. The van der Waals surface area contributed by atoms with Gasteiger partial charge in [0, 0.05) is 31.5 Å². The number of carbonyl (C=O) groups excluding carboxylic acids is 1. The van der Waals surface area contributed by atoms with Crippen LogP contribution in [0.4, 0.5) is 10.1 Å². The molecule has 31 heavy (non-hydrogen) atoms. The van der Waals surface area contributed by atoms with Gasteiger partial charge >= 0.3 is 0 Å². The van der Waals surface area contributed by atoms with Crippen molar-refractivity contribution in [2.75, 3.05) is 19.4 Å². The first-order valence-electron chi connectivity index (χ1n) is 9.51. The van der Waals surface area contributed by atoms with Gasteiger partial charge in [-0.1, -0.05) is 0 Å². The molecule has 10 heteroatoms. The lowest BCUT2D eigenvalue weighted by atomic mass is 10.0. The molecule has 4 aromatic rings. The number of aromatic nitrogens is 4. The third-order valence-electron chi connectivity index (χ3n) is 4.77. The van der Waals surface area contributed by atoms with Crippen LogP contribution in [0.5, 0.6) is 0 Å². The zero-order valence-corrected chi connectivity index (χ0v) is 17.1. The Morgan fingerprint density at radius 3 is 2.84 bits per heavy atom. The zero-order valence-electron chi connectivity index (χ0n) is 17.1. The first-order chi connectivity index (χ1) is 15.0. The number of aliphatic imine (C=N–C) groups is 1. The molecule has 1 atom stereocenters. The first kappa shape index (κ1) is 20.2. The molecule has 4 rings (SSSR count). The summed E-state index contributed by atoms with van der Waals surface area (Å²) in [5.74, 6) is -0.317. The van der Waals surface area contributed by atoms with E-state index in [2.05, 4.69) is 35.6 Å². The number of amides is 1. The van der Waals surface area contributed by atoms with Gasteiger partial charge in [-0.15, -0.1) is 0 Å². The summed E-state index contributed by atoms with van der Waals surface area (Å²) >= 11 is 0. The summed E-state index contributed by atoms with van der Waals surface area (Å²) in [7, 11) is 3.32. The summed E-state index contributed by atoms with van der Waals surface area (Å²) in [5, 5.41) is 5.79. The van der Waals surface area contributed by atoms with Crippen molar-refractivity contribution in [2.24, 2.45) is 4.99 Å². The molecule has 0 unspecified atom stereocenters. The number of benzene rings is 1. The van der Waals surface area contributed by atoms with E-state index >= 15 is 0 Å². The van der Waals surface area contributed by atoms with Gasteiger partial charge in [0.15, 0.2) is 5.65 Å². The van der Waals surface area contributed by atoms with Gasteiger partial charge < -0.3 is 20.0 Å². The Hall–Kier alpha value is -4.08. The summed E-state index contributed by atoms with van der Waals surface area (Å²) in [6, 6.07) is 3.94. The number of fused-ring (bicyclic) bond motifs is 1. The largest absolute Gasteiger partial charge is 0.447 e. The van der Waals surface area contributed by atoms with Crippen LogP contribution in [0.1, 0.15) is 40.5 Å². The molecule has 1 aromatic carbocycles. The van der Waals surface area contributed by atoms with Gasteiger partial charge in [-0.25, -0.2) is 19.3 Å². The van der Waals surface area contributed by atoms with Gasteiger partial charge in [0.1, 0.15) is 29.3 Å². The van der Waals surface area contributed by atoms with Gasteiger partial charge in [0.05, 0.1) is 23.7 Å². The van der Waals surface area contributed by atoms with Gasteiger partial charge in [-0.3, -0.25) is 9.79 Å². The molecule has 1 amide bonds. The molecule has 0 aliphatic carbocycles. The maximum absolute atomic E-state index is 13.7. The smallest absolute Gasteiger partial charge is 0.255 e. The number of aromatic amines is 1. The normalized spacial score (nSPS) is 12.7. The van der Waals surface area contributed by atoms with Crippen LogP contribution in [0.2, 0.25) is 0 Å². The Morgan fingerprint density at radius 2 is 2.13 bits per heavy atom. The summed E-state index contributed by atoms with van der Waals surface area (Å²) in [6.45, 7) is 1.77. The van der Waals surface area contributed by atoms with Crippen LogP contribution in [-0.4, -0.2) is 45.7 Å². The van der Waals surface area contributed by atoms with Crippen molar-refractivity contribution in [3.8, 4) is 0 Å².